The fraction of sp³-hybridized carbons (Fsp3) is 0.455. The van der Waals surface area contributed by atoms with E-state index >= 15 is 0 Å². The molecule has 33 heavy (non-hydrogen) atoms. The number of nitrogens with one attached hydrogen (secondary N) is 1. The van der Waals surface area contributed by atoms with Crippen molar-refractivity contribution in [3.8, 4) is 11.5 Å². The number of methoxy groups -OCH3 is 1. The van der Waals surface area contributed by atoms with E-state index in [2.05, 4.69) is 9.71 Å². The summed E-state index contributed by atoms with van der Waals surface area (Å²) in [6, 6.07) is 7.14. The Morgan fingerprint density at radius 1 is 1.27 bits per heavy atom. The number of likely N-dealkylation sites (tertiary alicyclic amines) is 1. The topological polar surface area (TPSA) is 110 Å². The van der Waals surface area contributed by atoms with E-state index in [0.717, 1.165) is 12.1 Å². The van der Waals surface area contributed by atoms with Crippen molar-refractivity contribution in [2.75, 3.05) is 45.0 Å². The minimum atomic E-state index is -3.75. The zero-order valence-corrected chi connectivity index (χ0v) is 19.5. The highest BCUT2D eigenvalue weighted by molar-refractivity contribution is 7.89. The van der Waals surface area contributed by atoms with Gasteiger partial charge in [-0.3, -0.25) is 9.78 Å². The van der Waals surface area contributed by atoms with E-state index in [1.807, 2.05) is 34.9 Å². The van der Waals surface area contributed by atoms with Crippen molar-refractivity contribution in [2.24, 2.45) is 0 Å². The van der Waals surface area contributed by atoms with Crippen LogP contribution >= 0.6 is 0 Å². The van der Waals surface area contributed by atoms with Gasteiger partial charge in [0.15, 0.2) is 0 Å². The summed E-state index contributed by atoms with van der Waals surface area (Å²) in [7, 11) is -2.34. The molecule has 4 rings (SSSR count). The second-order valence-corrected chi connectivity index (χ2v) is 9.58. The predicted octanol–water partition coefficient (Wildman–Crippen LogP) is 1.88. The van der Waals surface area contributed by atoms with Crippen molar-refractivity contribution in [2.45, 2.75) is 30.8 Å². The van der Waals surface area contributed by atoms with Gasteiger partial charge < -0.3 is 24.0 Å². The quantitative estimate of drug-likeness (QED) is 0.575. The number of rotatable bonds is 8. The molecule has 0 spiro atoms. The molecule has 1 N–H and O–H groups in total. The molecule has 0 radical (unpaired) electrons. The van der Waals surface area contributed by atoms with Crippen LogP contribution in [-0.2, 0) is 19.6 Å². The van der Waals surface area contributed by atoms with Gasteiger partial charge in [-0.25, -0.2) is 8.42 Å². The Hall–Kier alpha value is -2.89. The van der Waals surface area contributed by atoms with Gasteiger partial charge in [0, 0.05) is 38.8 Å². The highest BCUT2D eigenvalue weighted by Gasteiger charge is 2.28. The summed E-state index contributed by atoms with van der Waals surface area (Å²) in [5.41, 5.74) is 1.39. The Kier molecular flexibility index (Phi) is 7.01. The first-order valence-corrected chi connectivity index (χ1v) is 12.3. The molecule has 10 nitrogen and oxygen atoms in total. The zero-order chi connectivity index (χ0) is 23.4. The minimum absolute atomic E-state index is 0.0455. The van der Waals surface area contributed by atoms with Crippen LogP contribution in [0.1, 0.15) is 19.8 Å². The van der Waals surface area contributed by atoms with Crippen molar-refractivity contribution < 1.29 is 27.4 Å². The van der Waals surface area contributed by atoms with Gasteiger partial charge in [-0.1, -0.05) is 6.92 Å². The smallest absolute Gasteiger partial charge is 0.244 e. The van der Waals surface area contributed by atoms with Crippen LogP contribution in [0, 0.1) is 0 Å². The molecular formula is C22H28N4O6S. The van der Waals surface area contributed by atoms with Crippen molar-refractivity contribution in [3.63, 3.8) is 0 Å². The van der Waals surface area contributed by atoms with E-state index in [1.54, 1.807) is 12.3 Å². The normalized spacial score (nSPS) is 18.1. The van der Waals surface area contributed by atoms with E-state index in [-0.39, 0.29) is 23.6 Å². The number of carbonyl (C=O) groups excluding carboxylic acids is 1. The van der Waals surface area contributed by atoms with Crippen molar-refractivity contribution in [3.05, 3.63) is 36.7 Å². The molecule has 3 heterocycles. The van der Waals surface area contributed by atoms with Gasteiger partial charge in [0.1, 0.15) is 35.8 Å². The Morgan fingerprint density at radius 2 is 2.12 bits per heavy atom. The third-order valence-electron chi connectivity index (χ3n) is 5.61. The van der Waals surface area contributed by atoms with Crippen LogP contribution in [0.2, 0.25) is 0 Å². The van der Waals surface area contributed by atoms with E-state index in [4.69, 9.17) is 14.2 Å². The van der Waals surface area contributed by atoms with Crippen LogP contribution in [-0.4, -0.2) is 70.4 Å². The average molecular weight is 477 g/mol. The lowest BCUT2D eigenvalue weighted by Gasteiger charge is -2.31. The molecule has 1 atom stereocenters. The fourth-order valence-corrected chi connectivity index (χ4v) is 4.84. The van der Waals surface area contributed by atoms with Gasteiger partial charge >= 0.3 is 0 Å². The van der Waals surface area contributed by atoms with Crippen LogP contribution in [0.3, 0.4) is 0 Å². The molecule has 0 aliphatic carbocycles. The van der Waals surface area contributed by atoms with E-state index in [0.29, 0.717) is 49.8 Å². The number of aromatic nitrogens is 1. The summed E-state index contributed by atoms with van der Waals surface area (Å²) in [5.74, 6) is 1.47. The molecule has 2 aromatic rings. The monoisotopic (exact) mass is 476 g/mol. The molecule has 178 valence electrons. The van der Waals surface area contributed by atoms with Gasteiger partial charge in [0.05, 0.1) is 30.7 Å². The summed E-state index contributed by atoms with van der Waals surface area (Å²) >= 11 is 0. The predicted molar refractivity (Wildman–Crippen MR) is 121 cm³/mol. The van der Waals surface area contributed by atoms with Gasteiger partial charge in [-0.2, -0.15) is 4.72 Å². The maximum Gasteiger partial charge on any atom is 0.244 e. The number of hydrogen-bond donors (Lipinski definition) is 1. The average Bonchev–Trinajstić information content (AvgIpc) is 3.30. The van der Waals surface area contributed by atoms with Crippen LogP contribution in [0.4, 0.5) is 11.4 Å². The largest absolute Gasteiger partial charge is 0.490 e. The summed E-state index contributed by atoms with van der Waals surface area (Å²) in [6.07, 6.45) is 4.11. The lowest BCUT2D eigenvalue weighted by Crippen LogP contribution is -2.30. The Morgan fingerprint density at radius 3 is 2.91 bits per heavy atom. The molecule has 1 aromatic carbocycles. The van der Waals surface area contributed by atoms with Gasteiger partial charge in [-0.05, 0) is 18.2 Å². The van der Waals surface area contributed by atoms with E-state index in [1.165, 1.54) is 13.3 Å². The number of nitrogens with zero attached hydrogens (tertiary/aromatic N) is 3. The van der Waals surface area contributed by atoms with Crippen LogP contribution in [0.25, 0.3) is 0 Å². The number of amides is 1. The number of ether oxygens (including phenoxy) is 3. The van der Waals surface area contributed by atoms with Gasteiger partial charge in [0.25, 0.3) is 0 Å². The van der Waals surface area contributed by atoms with Crippen LogP contribution in [0.5, 0.6) is 11.5 Å². The molecule has 2 aliphatic heterocycles. The van der Waals surface area contributed by atoms with Crippen molar-refractivity contribution in [1.82, 2.24) is 14.6 Å². The minimum Gasteiger partial charge on any atom is -0.490 e. The fourth-order valence-electron chi connectivity index (χ4n) is 3.93. The van der Waals surface area contributed by atoms with E-state index < -0.39 is 10.0 Å². The Bertz CT molecular complexity index is 1110. The molecule has 1 saturated heterocycles. The summed E-state index contributed by atoms with van der Waals surface area (Å²) in [6.45, 7) is 3.97. The molecule has 11 heteroatoms. The second kappa shape index (κ2) is 9.94. The maximum absolute atomic E-state index is 12.5. The lowest BCUT2D eigenvalue weighted by molar-refractivity contribution is -0.130. The lowest BCUT2D eigenvalue weighted by atomic mass is 10.2. The summed E-state index contributed by atoms with van der Waals surface area (Å²) in [4.78, 5) is 19.9. The molecular weight excluding hydrogens is 448 g/mol. The number of carbonyl (C=O) groups is 1. The molecule has 1 aromatic heterocycles. The summed E-state index contributed by atoms with van der Waals surface area (Å²) < 4.78 is 44.1. The molecule has 0 unspecified atom stereocenters. The number of fused-ring (bicyclic) bond motifs is 1. The molecule has 1 fully saturated rings. The Labute approximate surface area is 193 Å². The van der Waals surface area contributed by atoms with Crippen LogP contribution < -0.4 is 19.1 Å². The van der Waals surface area contributed by atoms with Crippen molar-refractivity contribution >= 4 is 27.3 Å². The van der Waals surface area contributed by atoms with Crippen LogP contribution in [0.15, 0.2) is 41.6 Å². The van der Waals surface area contributed by atoms with E-state index in [9.17, 15) is 13.2 Å². The Balaban J connectivity index is 1.56. The highest BCUT2D eigenvalue weighted by atomic mass is 32.2. The number of benzene rings is 1. The second-order valence-electron chi connectivity index (χ2n) is 7.81. The number of hydrogen-bond acceptors (Lipinski definition) is 8. The first-order valence-electron chi connectivity index (χ1n) is 10.8. The van der Waals surface area contributed by atoms with Crippen molar-refractivity contribution in [1.29, 1.82) is 0 Å². The van der Waals surface area contributed by atoms with Gasteiger partial charge in [0.2, 0.25) is 15.9 Å². The maximum atomic E-state index is 12.5. The molecule has 1 amide bonds. The summed E-state index contributed by atoms with van der Waals surface area (Å²) in [5, 5.41) is 0. The SMILES string of the molecule is CCC(=O)N1CC[C@H](Oc2ccc3c(c2)N(c2cncc(S(=O)(=O)NCOC)c2)CCO3)C1. The third-order valence-corrected chi connectivity index (χ3v) is 6.95. The zero-order valence-electron chi connectivity index (χ0n) is 18.7. The molecule has 0 bridgehead atoms. The molecule has 0 saturated carbocycles. The van der Waals surface area contributed by atoms with Gasteiger partial charge in [-0.15, -0.1) is 0 Å². The highest BCUT2D eigenvalue weighted by Crippen LogP contribution is 2.39. The number of sulfonamides is 1. The first kappa shape index (κ1) is 23.3. The first-order chi connectivity index (χ1) is 15.9. The standard InChI is InChI=1S/C22H28N4O6S/c1-3-22(27)25-7-6-18(14-25)32-17-4-5-21-20(11-17)26(8-9-31-21)16-10-19(13-23-12-16)33(28,29)24-15-30-2/h4-5,10-13,18,24H,3,6-9,14-15H2,1-2H3/t18-/m0/s1. The number of pyridine rings is 1. The third kappa shape index (κ3) is 5.21. The number of anilines is 2. The molecule has 2 aliphatic rings.